The number of nitrogens with zero attached hydrogens (tertiary/aromatic N) is 3. The number of anilines is 1. The van der Waals surface area contributed by atoms with E-state index in [9.17, 15) is 0 Å². The maximum atomic E-state index is 6.01. The molecule has 16 heavy (non-hydrogen) atoms. The minimum atomic E-state index is 0.157. The van der Waals surface area contributed by atoms with Crippen molar-refractivity contribution < 1.29 is 4.74 Å². The fourth-order valence-electron chi connectivity index (χ4n) is 1.21. The summed E-state index contributed by atoms with van der Waals surface area (Å²) in [6.45, 7) is 2.76. The maximum absolute atomic E-state index is 6.01. The predicted octanol–water partition coefficient (Wildman–Crippen LogP) is 1.31. The summed E-state index contributed by atoms with van der Waals surface area (Å²) < 4.78 is 4.95. The minimum absolute atomic E-state index is 0.157. The van der Waals surface area contributed by atoms with Crippen molar-refractivity contribution in [3.63, 3.8) is 0 Å². The normalized spacial score (nSPS) is 12.3. The van der Waals surface area contributed by atoms with E-state index in [1.165, 1.54) is 13.3 Å². The van der Waals surface area contributed by atoms with Gasteiger partial charge in [0.25, 0.3) is 0 Å². The van der Waals surface area contributed by atoms with Crippen molar-refractivity contribution in [1.29, 1.82) is 0 Å². The Bertz CT molecular complexity index is 346. The van der Waals surface area contributed by atoms with Gasteiger partial charge >= 0.3 is 6.01 Å². The molecule has 0 saturated heterocycles. The van der Waals surface area contributed by atoms with E-state index in [1.807, 2.05) is 18.9 Å². The average Bonchev–Trinajstić information content (AvgIpc) is 2.26. The van der Waals surface area contributed by atoms with E-state index < -0.39 is 0 Å². The fraction of sp³-hybridized carbons (Fsp3) is 0.600. The molecule has 90 valence electrons. The van der Waals surface area contributed by atoms with Gasteiger partial charge in [-0.25, -0.2) is 4.98 Å². The number of nitrogens with two attached hydrogens (primary N) is 1. The summed E-state index contributed by atoms with van der Waals surface area (Å²) in [5.41, 5.74) is 5.70. The van der Waals surface area contributed by atoms with Crippen molar-refractivity contribution in [2.24, 2.45) is 5.73 Å². The van der Waals surface area contributed by atoms with Crippen LogP contribution in [0.25, 0.3) is 0 Å². The van der Waals surface area contributed by atoms with Crippen LogP contribution in [-0.2, 0) is 0 Å². The smallest absolute Gasteiger partial charge is 0.318 e. The summed E-state index contributed by atoms with van der Waals surface area (Å²) in [4.78, 5) is 10.0. The van der Waals surface area contributed by atoms with Gasteiger partial charge < -0.3 is 15.4 Å². The van der Waals surface area contributed by atoms with Crippen molar-refractivity contribution >= 4 is 17.4 Å². The van der Waals surface area contributed by atoms with Crippen molar-refractivity contribution in [1.82, 2.24) is 9.97 Å². The molecule has 0 amide bonds. The minimum Gasteiger partial charge on any atom is -0.467 e. The zero-order chi connectivity index (χ0) is 12.1. The third kappa shape index (κ3) is 3.50. The summed E-state index contributed by atoms with van der Waals surface area (Å²) in [5.74, 6) is 0.661. The van der Waals surface area contributed by atoms with Gasteiger partial charge in [-0.15, -0.1) is 0 Å². The quantitative estimate of drug-likeness (QED) is 0.846. The second kappa shape index (κ2) is 5.86. The molecule has 1 aromatic rings. The lowest BCUT2D eigenvalue weighted by molar-refractivity contribution is 0.380. The molecule has 0 fully saturated rings. The first-order valence-electron chi connectivity index (χ1n) is 5.08. The van der Waals surface area contributed by atoms with Gasteiger partial charge in [0.2, 0.25) is 0 Å². The molecular formula is C10H17ClN4O. The molecule has 2 N–H and O–H groups in total. The van der Waals surface area contributed by atoms with E-state index in [0.717, 1.165) is 13.0 Å². The Morgan fingerprint density at radius 3 is 2.88 bits per heavy atom. The lowest BCUT2D eigenvalue weighted by Crippen LogP contribution is -2.26. The first kappa shape index (κ1) is 13.0. The lowest BCUT2D eigenvalue weighted by Gasteiger charge is -2.20. The molecule has 1 atom stereocenters. The summed E-state index contributed by atoms with van der Waals surface area (Å²) in [6.07, 6.45) is 2.41. The number of methoxy groups -OCH3 is 1. The molecule has 0 saturated carbocycles. The van der Waals surface area contributed by atoms with Crippen LogP contribution in [0.1, 0.15) is 13.3 Å². The summed E-state index contributed by atoms with van der Waals surface area (Å²) in [6, 6.07) is 0.469. The first-order chi connectivity index (χ1) is 7.54. The number of aromatic nitrogens is 2. The van der Waals surface area contributed by atoms with Gasteiger partial charge in [0.05, 0.1) is 13.3 Å². The van der Waals surface area contributed by atoms with Crippen LogP contribution in [0.3, 0.4) is 0 Å². The summed E-state index contributed by atoms with van der Waals surface area (Å²) in [5, 5.41) is 0.507. The van der Waals surface area contributed by atoms with Crippen LogP contribution in [0.4, 0.5) is 5.82 Å². The van der Waals surface area contributed by atoms with Crippen molar-refractivity contribution in [3.05, 3.63) is 11.2 Å². The Kier molecular flexibility index (Phi) is 4.76. The largest absolute Gasteiger partial charge is 0.467 e. The van der Waals surface area contributed by atoms with Gasteiger partial charge in [0, 0.05) is 19.6 Å². The third-order valence-corrected chi connectivity index (χ3v) is 2.43. The molecule has 0 aliphatic heterocycles. The van der Waals surface area contributed by atoms with Crippen LogP contribution >= 0.6 is 11.6 Å². The highest BCUT2D eigenvalue weighted by Crippen LogP contribution is 2.23. The molecular weight excluding hydrogens is 228 g/mol. The zero-order valence-electron chi connectivity index (χ0n) is 9.77. The number of halogens is 1. The van der Waals surface area contributed by atoms with E-state index in [1.54, 1.807) is 0 Å². The van der Waals surface area contributed by atoms with E-state index in [0.29, 0.717) is 16.9 Å². The Morgan fingerprint density at radius 2 is 2.31 bits per heavy atom. The molecule has 6 heteroatoms. The van der Waals surface area contributed by atoms with E-state index >= 15 is 0 Å². The van der Waals surface area contributed by atoms with Gasteiger partial charge in [-0.05, 0) is 13.3 Å². The molecule has 0 aliphatic carbocycles. The Hall–Kier alpha value is -1.07. The van der Waals surface area contributed by atoms with Crippen LogP contribution in [0.2, 0.25) is 5.02 Å². The Balaban J connectivity index is 2.76. The average molecular weight is 245 g/mol. The van der Waals surface area contributed by atoms with Crippen LogP contribution in [0.15, 0.2) is 6.20 Å². The Labute approximate surface area is 101 Å². The van der Waals surface area contributed by atoms with Gasteiger partial charge in [-0.1, -0.05) is 11.6 Å². The first-order valence-corrected chi connectivity index (χ1v) is 5.45. The van der Waals surface area contributed by atoms with Crippen molar-refractivity contribution in [3.8, 4) is 6.01 Å². The highest BCUT2D eigenvalue weighted by molar-refractivity contribution is 6.32. The molecule has 0 radical (unpaired) electrons. The topological polar surface area (TPSA) is 64.3 Å². The number of ether oxygens (including phenoxy) is 1. The van der Waals surface area contributed by atoms with Gasteiger partial charge in [0.1, 0.15) is 5.02 Å². The van der Waals surface area contributed by atoms with Gasteiger partial charge in [-0.3, -0.25) is 0 Å². The highest BCUT2D eigenvalue weighted by Gasteiger charge is 2.10. The van der Waals surface area contributed by atoms with Crippen molar-refractivity contribution in [2.45, 2.75) is 19.4 Å². The molecule has 0 aromatic carbocycles. The number of rotatable bonds is 5. The summed E-state index contributed by atoms with van der Waals surface area (Å²) in [7, 11) is 3.44. The van der Waals surface area contributed by atoms with Gasteiger partial charge in [-0.2, -0.15) is 4.98 Å². The molecule has 1 rings (SSSR count). The number of hydrogen-bond donors (Lipinski definition) is 1. The monoisotopic (exact) mass is 244 g/mol. The highest BCUT2D eigenvalue weighted by atomic mass is 35.5. The predicted molar refractivity (Wildman–Crippen MR) is 65.1 cm³/mol. The molecule has 0 aliphatic rings. The fourth-order valence-corrected chi connectivity index (χ4v) is 1.45. The lowest BCUT2D eigenvalue weighted by atomic mass is 10.2. The van der Waals surface area contributed by atoms with Crippen LogP contribution in [0, 0.1) is 0 Å². The van der Waals surface area contributed by atoms with E-state index in [-0.39, 0.29) is 6.04 Å². The van der Waals surface area contributed by atoms with Crippen LogP contribution in [-0.4, -0.2) is 36.7 Å². The SMILES string of the molecule is COc1ncc(Cl)c(N(C)CCC(C)N)n1. The molecule has 0 bridgehead atoms. The van der Waals surface area contributed by atoms with Crippen LogP contribution in [0.5, 0.6) is 6.01 Å². The third-order valence-electron chi connectivity index (χ3n) is 2.17. The van der Waals surface area contributed by atoms with Gasteiger partial charge in [0.15, 0.2) is 5.82 Å². The number of hydrogen-bond acceptors (Lipinski definition) is 5. The van der Waals surface area contributed by atoms with E-state index in [4.69, 9.17) is 22.1 Å². The zero-order valence-corrected chi connectivity index (χ0v) is 10.5. The second-order valence-corrected chi connectivity index (χ2v) is 4.12. The van der Waals surface area contributed by atoms with E-state index in [2.05, 4.69) is 9.97 Å². The maximum Gasteiger partial charge on any atom is 0.318 e. The van der Waals surface area contributed by atoms with Crippen molar-refractivity contribution in [2.75, 3.05) is 25.6 Å². The Morgan fingerprint density at radius 1 is 1.62 bits per heavy atom. The summed E-state index contributed by atoms with van der Waals surface area (Å²) >= 11 is 6.01. The molecule has 1 aromatic heterocycles. The molecule has 1 heterocycles. The molecule has 0 spiro atoms. The van der Waals surface area contributed by atoms with Crippen LogP contribution < -0.4 is 15.4 Å². The molecule has 5 nitrogen and oxygen atoms in total. The molecule has 1 unspecified atom stereocenters. The second-order valence-electron chi connectivity index (χ2n) is 3.72. The standard InChI is InChI=1S/C10H17ClN4O/c1-7(12)4-5-15(2)9-8(11)6-13-10(14-9)16-3/h6-7H,4-5,12H2,1-3H3.